The molecule has 2 N–H and O–H groups in total. The van der Waals surface area contributed by atoms with Crippen molar-refractivity contribution in [3.63, 3.8) is 0 Å². The first-order valence-corrected chi connectivity index (χ1v) is 7.90. The summed E-state index contributed by atoms with van der Waals surface area (Å²) >= 11 is 0. The van der Waals surface area contributed by atoms with Crippen molar-refractivity contribution >= 4 is 22.2 Å². The van der Waals surface area contributed by atoms with Crippen molar-refractivity contribution in [1.82, 2.24) is 5.43 Å². The number of phenolic OH excluding ortho intramolecular Hbond substituents is 1. The fraction of sp³-hybridized carbons (Fsp3) is 0.105. The van der Waals surface area contributed by atoms with E-state index < -0.39 is 4.92 Å². The van der Waals surface area contributed by atoms with Crippen LogP contribution < -0.4 is 5.43 Å². The van der Waals surface area contributed by atoms with Gasteiger partial charge in [-0.1, -0.05) is 18.2 Å². The van der Waals surface area contributed by atoms with Crippen molar-refractivity contribution in [2.75, 3.05) is 0 Å². The Balaban J connectivity index is 1.55. The van der Waals surface area contributed by atoms with Gasteiger partial charge in [0.05, 0.1) is 16.7 Å². The minimum atomic E-state index is -0.409. The van der Waals surface area contributed by atoms with Crippen LogP contribution in [0.2, 0.25) is 0 Å². The Morgan fingerprint density at radius 2 is 1.76 bits per heavy atom. The Labute approximate surface area is 143 Å². The van der Waals surface area contributed by atoms with Crippen LogP contribution in [0.1, 0.15) is 23.6 Å². The summed E-state index contributed by atoms with van der Waals surface area (Å²) in [5.41, 5.74) is 6.08. The minimum absolute atomic E-state index is 0.0587. The van der Waals surface area contributed by atoms with Crippen LogP contribution in [0.4, 0.5) is 5.69 Å². The van der Waals surface area contributed by atoms with Crippen molar-refractivity contribution in [3.8, 4) is 5.75 Å². The van der Waals surface area contributed by atoms with Crippen LogP contribution in [0.3, 0.4) is 0 Å². The number of fused-ring (bicyclic) bond motifs is 1. The third kappa shape index (κ3) is 2.89. The molecule has 1 atom stereocenters. The molecule has 3 aromatic carbocycles. The lowest BCUT2D eigenvalue weighted by Crippen LogP contribution is -2.09. The minimum Gasteiger partial charge on any atom is -0.508 e. The highest BCUT2D eigenvalue weighted by molar-refractivity contribution is 6.02. The summed E-state index contributed by atoms with van der Waals surface area (Å²) in [7, 11) is 0. The van der Waals surface area contributed by atoms with Crippen molar-refractivity contribution in [2.45, 2.75) is 12.5 Å². The van der Waals surface area contributed by atoms with E-state index >= 15 is 0 Å². The predicted octanol–water partition coefficient (Wildman–Crippen LogP) is 3.89. The van der Waals surface area contributed by atoms with Crippen LogP contribution in [-0.2, 0) is 0 Å². The molecule has 0 bridgehead atoms. The fourth-order valence-corrected chi connectivity index (χ4v) is 3.06. The smallest absolute Gasteiger partial charge is 0.269 e. The molecule has 0 radical (unpaired) electrons. The van der Waals surface area contributed by atoms with Gasteiger partial charge in [0.1, 0.15) is 5.75 Å². The summed E-state index contributed by atoms with van der Waals surface area (Å²) in [5.74, 6) is 0.253. The molecule has 1 aliphatic heterocycles. The lowest BCUT2D eigenvalue weighted by molar-refractivity contribution is -0.384. The van der Waals surface area contributed by atoms with Crippen LogP contribution in [0.25, 0.3) is 10.8 Å². The number of rotatable bonds is 3. The van der Waals surface area contributed by atoms with Crippen molar-refractivity contribution in [2.24, 2.45) is 5.10 Å². The Morgan fingerprint density at radius 3 is 2.52 bits per heavy atom. The van der Waals surface area contributed by atoms with Gasteiger partial charge in [0.15, 0.2) is 0 Å². The maximum Gasteiger partial charge on any atom is 0.269 e. The quantitative estimate of drug-likeness (QED) is 0.562. The molecule has 4 rings (SSSR count). The second-order valence-electron chi connectivity index (χ2n) is 6.04. The zero-order chi connectivity index (χ0) is 17.4. The van der Waals surface area contributed by atoms with E-state index in [1.807, 2.05) is 18.2 Å². The molecule has 0 aromatic heterocycles. The molecule has 6 heteroatoms. The first kappa shape index (κ1) is 15.1. The van der Waals surface area contributed by atoms with Gasteiger partial charge in [0.25, 0.3) is 5.69 Å². The molecule has 25 heavy (non-hydrogen) atoms. The van der Waals surface area contributed by atoms with Crippen molar-refractivity contribution < 1.29 is 10.0 Å². The summed E-state index contributed by atoms with van der Waals surface area (Å²) in [6, 6.07) is 17.9. The van der Waals surface area contributed by atoms with Gasteiger partial charge in [-0.15, -0.1) is 0 Å². The largest absolute Gasteiger partial charge is 0.508 e. The second-order valence-corrected chi connectivity index (χ2v) is 6.04. The molecule has 0 saturated heterocycles. The third-order valence-corrected chi connectivity index (χ3v) is 4.41. The van der Waals surface area contributed by atoms with Crippen LogP contribution >= 0.6 is 0 Å². The SMILES string of the molecule is O=[N+]([O-])c1ccc(C2=NNC(c3ccc4cc(O)ccc4c3)C2)cc1. The number of nitrogens with zero attached hydrogens (tertiary/aromatic N) is 2. The monoisotopic (exact) mass is 333 g/mol. The molecule has 0 spiro atoms. The normalized spacial score (nSPS) is 16.5. The van der Waals surface area contributed by atoms with Gasteiger partial charge >= 0.3 is 0 Å². The van der Waals surface area contributed by atoms with E-state index in [9.17, 15) is 15.2 Å². The average molecular weight is 333 g/mol. The summed E-state index contributed by atoms with van der Waals surface area (Å²) < 4.78 is 0. The zero-order valence-electron chi connectivity index (χ0n) is 13.2. The van der Waals surface area contributed by atoms with Gasteiger partial charge in [-0.05, 0) is 52.2 Å². The molecule has 0 saturated carbocycles. The lowest BCUT2D eigenvalue weighted by atomic mass is 9.97. The highest BCUT2D eigenvalue weighted by Gasteiger charge is 2.21. The number of phenols is 1. The second kappa shape index (κ2) is 5.90. The number of hydrogen-bond donors (Lipinski definition) is 2. The number of non-ortho nitro benzene ring substituents is 1. The maximum absolute atomic E-state index is 10.7. The van der Waals surface area contributed by atoms with Gasteiger partial charge in [0.2, 0.25) is 0 Å². The van der Waals surface area contributed by atoms with Gasteiger partial charge < -0.3 is 10.5 Å². The molecule has 1 unspecified atom stereocenters. The number of nitro groups is 1. The van der Waals surface area contributed by atoms with E-state index in [0.29, 0.717) is 6.42 Å². The topological polar surface area (TPSA) is 87.8 Å². The van der Waals surface area contributed by atoms with E-state index in [1.54, 1.807) is 24.3 Å². The predicted molar refractivity (Wildman–Crippen MR) is 95.7 cm³/mol. The molecule has 0 aliphatic carbocycles. The van der Waals surface area contributed by atoms with Crippen molar-refractivity contribution in [3.05, 3.63) is 81.9 Å². The van der Waals surface area contributed by atoms with Gasteiger partial charge in [-0.2, -0.15) is 5.10 Å². The van der Waals surface area contributed by atoms with Gasteiger partial charge in [0, 0.05) is 18.6 Å². The van der Waals surface area contributed by atoms with E-state index in [0.717, 1.165) is 27.6 Å². The summed E-state index contributed by atoms with van der Waals surface area (Å²) in [5, 5.41) is 26.7. The van der Waals surface area contributed by atoms with Crippen molar-refractivity contribution in [1.29, 1.82) is 0 Å². The van der Waals surface area contributed by atoms with Gasteiger partial charge in [-0.25, -0.2) is 0 Å². The first-order chi connectivity index (χ1) is 12.1. The van der Waals surface area contributed by atoms with E-state index in [4.69, 9.17) is 0 Å². The first-order valence-electron chi connectivity index (χ1n) is 7.90. The standard InChI is InChI=1S/C19H15N3O3/c23-17-8-5-13-9-15(2-1-14(13)10-17)19-11-18(20-21-19)12-3-6-16(7-4-12)22(24)25/h1-10,19,21,23H,11H2. The molecule has 124 valence electrons. The summed E-state index contributed by atoms with van der Waals surface area (Å²) in [6.07, 6.45) is 0.710. The molecule has 0 fully saturated rings. The van der Waals surface area contributed by atoms with Crippen LogP contribution in [0.5, 0.6) is 5.75 Å². The number of nitrogens with one attached hydrogen (secondary N) is 1. The lowest BCUT2D eigenvalue weighted by Gasteiger charge is -2.11. The highest BCUT2D eigenvalue weighted by Crippen LogP contribution is 2.29. The Bertz CT molecular complexity index is 996. The fourth-order valence-electron chi connectivity index (χ4n) is 3.06. The summed E-state index contributed by atoms with van der Waals surface area (Å²) in [6.45, 7) is 0. The molecular weight excluding hydrogens is 318 g/mol. The average Bonchev–Trinajstić information content (AvgIpc) is 3.11. The number of benzene rings is 3. The van der Waals surface area contributed by atoms with E-state index in [1.165, 1.54) is 12.1 Å². The van der Waals surface area contributed by atoms with Crippen LogP contribution in [-0.4, -0.2) is 15.7 Å². The highest BCUT2D eigenvalue weighted by atomic mass is 16.6. The van der Waals surface area contributed by atoms with E-state index in [2.05, 4.69) is 16.6 Å². The van der Waals surface area contributed by atoms with E-state index in [-0.39, 0.29) is 17.5 Å². The Morgan fingerprint density at radius 1 is 1.04 bits per heavy atom. The third-order valence-electron chi connectivity index (χ3n) is 4.41. The van der Waals surface area contributed by atoms with Crippen LogP contribution in [0, 0.1) is 10.1 Å². The number of hydrazone groups is 1. The number of hydrogen-bond acceptors (Lipinski definition) is 5. The maximum atomic E-state index is 10.7. The molecule has 6 nitrogen and oxygen atoms in total. The molecule has 3 aromatic rings. The van der Waals surface area contributed by atoms with Gasteiger partial charge in [-0.3, -0.25) is 10.1 Å². The molecular formula is C19H15N3O3. The zero-order valence-corrected chi connectivity index (χ0v) is 13.2. The van der Waals surface area contributed by atoms with Crippen LogP contribution in [0.15, 0.2) is 65.8 Å². The molecule has 1 heterocycles. The number of aromatic hydroxyl groups is 1. The molecule has 1 aliphatic rings. The number of nitro benzene ring substituents is 1. The summed E-state index contributed by atoms with van der Waals surface area (Å²) in [4.78, 5) is 10.3. The Kier molecular flexibility index (Phi) is 3.57. The Hall–Kier alpha value is -3.41. The molecule has 0 amide bonds.